The maximum atomic E-state index is 13.4. The van der Waals surface area contributed by atoms with E-state index in [4.69, 9.17) is 4.74 Å². The molecule has 2 aromatic carbocycles. The number of rotatable bonds is 4. The van der Waals surface area contributed by atoms with Crippen LogP contribution in [0.4, 0.5) is 0 Å². The molecule has 0 bridgehead atoms. The van der Waals surface area contributed by atoms with Crippen LogP contribution < -0.4 is 4.74 Å². The highest BCUT2D eigenvalue weighted by Crippen LogP contribution is 2.41. The Kier molecular flexibility index (Phi) is 4.77. The van der Waals surface area contributed by atoms with Gasteiger partial charge < -0.3 is 4.74 Å². The lowest BCUT2D eigenvalue weighted by atomic mass is 10.2. The molecule has 1 aromatic heterocycles. The van der Waals surface area contributed by atoms with Gasteiger partial charge >= 0.3 is 0 Å². The number of nitrogens with zero attached hydrogens (tertiary/aromatic N) is 2. The molecule has 26 heavy (non-hydrogen) atoms. The van der Waals surface area contributed by atoms with Gasteiger partial charge in [-0.05, 0) is 43.2 Å². The van der Waals surface area contributed by atoms with Crippen LogP contribution in [-0.2, 0) is 10.0 Å². The van der Waals surface area contributed by atoms with Crippen molar-refractivity contribution in [1.82, 2.24) is 9.29 Å². The molecule has 1 aliphatic rings. The molecule has 0 N–H and O–H groups in total. The summed E-state index contributed by atoms with van der Waals surface area (Å²) in [7, 11) is -2.21. The molecule has 0 aliphatic carbocycles. The number of para-hydroxylation sites is 1. The molecular weight excluding hydrogens is 436 g/mol. The van der Waals surface area contributed by atoms with E-state index >= 15 is 0 Å². The number of sulfonamides is 1. The second-order valence-electron chi connectivity index (χ2n) is 6.09. The Balaban J connectivity index is 1.77. The van der Waals surface area contributed by atoms with Crippen LogP contribution in [-0.4, -0.2) is 31.4 Å². The SMILES string of the molecule is COc1ccc(Br)cc1S(=O)(=O)N1CCCC1c1nc2ccccc2s1. The third-order valence-electron chi connectivity index (χ3n) is 4.51. The van der Waals surface area contributed by atoms with Gasteiger partial charge in [0.1, 0.15) is 15.7 Å². The van der Waals surface area contributed by atoms with E-state index < -0.39 is 10.0 Å². The summed E-state index contributed by atoms with van der Waals surface area (Å²) in [6, 6.07) is 12.7. The fourth-order valence-corrected chi connectivity index (χ4v) is 6.82. The monoisotopic (exact) mass is 452 g/mol. The molecule has 1 saturated heterocycles. The highest BCUT2D eigenvalue weighted by atomic mass is 79.9. The van der Waals surface area contributed by atoms with Gasteiger partial charge in [-0.2, -0.15) is 4.31 Å². The normalized spacial score (nSPS) is 18.5. The average Bonchev–Trinajstić information content (AvgIpc) is 3.28. The Hall–Kier alpha value is -1.48. The predicted molar refractivity (Wildman–Crippen MR) is 106 cm³/mol. The van der Waals surface area contributed by atoms with Crippen molar-refractivity contribution in [3.63, 3.8) is 0 Å². The summed E-state index contributed by atoms with van der Waals surface area (Å²) in [5, 5.41) is 0.848. The maximum Gasteiger partial charge on any atom is 0.247 e. The topological polar surface area (TPSA) is 59.5 Å². The van der Waals surface area contributed by atoms with Crippen LogP contribution in [0.3, 0.4) is 0 Å². The van der Waals surface area contributed by atoms with Crippen molar-refractivity contribution in [2.45, 2.75) is 23.8 Å². The lowest BCUT2D eigenvalue weighted by Gasteiger charge is -2.23. The van der Waals surface area contributed by atoms with Gasteiger partial charge in [0.25, 0.3) is 0 Å². The highest BCUT2D eigenvalue weighted by Gasteiger charge is 2.39. The summed E-state index contributed by atoms with van der Waals surface area (Å²) in [6.07, 6.45) is 1.59. The van der Waals surface area contributed by atoms with E-state index in [-0.39, 0.29) is 10.9 Å². The number of hydrogen-bond acceptors (Lipinski definition) is 5. The van der Waals surface area contributed by atoms with Gasteiger partial charge in [0.15, 0.2) is 0 Å². The standard InChI is InChI=1S/C18H17BrN2O3S2/c1-24-15-9-8-12(19)11-17(15)26(22,23)21-10-4-6-14(21)18-20-13-5-2-3-7-16(13)25-18/h2-3,5,7-9,11,14H,4,6,10H2,1H3. The third-order valence-corrected chi connectivity index (χ3v) is 8.07. The molecule has 0 saturated carbocycles. The lowest BCUT2D eigenvalue weighted by molar-refractivity contribution is 0.380. The number of ether oxygens (including phenoxy) is 1. The summed E-state index contributed by atoms with van der Waals surface area (Å²) in [6.45, 7) is 0.485. The number of aromatic nitrogens is 1. The van der Waals surface area contributed by atoms with E-state index in [9.17, 15) is 8.42 Å². The summed E-state index contributed by atoms with van der Waals surface area (Å²) in [4.78, 5) is 4.87. The van der Waals surface area contributed by atoms with Gasteiger partial charge in [-0.3, -0.25) is 0 Å². The zero-order valence-corrected chi connectivity index (χ0v) is 17.3. The van der Waals surface area contributed by atoms with Crippen molar-refractivity contribution < 1.29 is 13.2 Å². The first-order valence-electron chi connectivity index (χ1n) is 8.21. The second-order valence-corrected chi connectivity index (χ2v) is 9.93. The summed E-state index contributed by atoms with van der Waals surface area (Å²) in [5.41, 5.74) is 0.914. The molecular formula is C18H17BrN2O3S2. The van der Waals surface area contributed by atoms with Crippen molar-refractivity contribution in [3.05, 3.63) is 51.9 Å². The number of thiazole rings is 1. The van der Waals surface area contributed by atoms with Gasteiger partial charge in [-0.15, -0.1) is 11.3 Å². The zero-order valence-electron chi connectivity index (χ0n) is 14.1. The average molecular weight is 453 g/mol. The van der Waals surface area contributed by atoms with E-state index in [0.717, 1.165) is 28.1 Å². The molecule has 4 rings (SSSR count). The maximum absolute atomic E-state index is 13.4. The second kappa shape index (κ2) is 6.92. The highest BCUT2D eigenvalue weighted by molar-refractivity contribution is 9.10. The number of hydrogen-bond donors (Lipinski definition) is 0. The first kappa shape index (κ1) is 17.9. The molecule has 0 radical (unpaired) electrons. The summed E-state index contributed by atoms with van der Waals surface area (Å²) >= 11 is 4.93. The van der Waals surface area contributed by atoms with Gasteiger partial charge in [0, 0.05) is 11.0 Å². The molecule has 2 heterocycles. The van der Waals surface area contributed by atoms with Gasteiger partial charge in [0.2, 0.25) is 10.0 Å². The fourth-order valence-electron chi connectivity index (χ4n) is 3.29. The molecule has 0 spiro atoms. The van der Waals surface area contributed by atoms with E-state index in [1.807, 2.05) is 24.3 Å². The molecule has 5 nitrogen and oxygen atoms in total. The third kappa shape index (κ3) is 3.05. The number of halogens is 1. The summed E-state index contributed by atoms with van der Waals surface area (Å²) in [5.74, 6) is 0.350. The number of methoxy groups -OCH3 is 1. The fraction of sp³-hybridized carbons (Fsp3) is 0.278. The van der Waals surface area contributed by atoms with E-state index in [2.05, 4.69) is 20.9 Å². The Bertz CT molecular complexity index is 1030. The molecule has 8 heteroatoms. The summed E-state index contributed by atoms with van der Waals surface area (Å²) < 4.78 is 35.4. The minimum Gasteiger partial charge on any atom is -0.495 e. The molecule has 1 fully saturated rings. The zero-order chi connectivity index (χ0) is 18.3. The molecule has 1 unspecified atom stereocenters. The Morgan fingerprint density at radius 1 is 1.27 bits per heavy atom. The molecule has 1 aliphatic heterocycles. The van der Waals surface area contributed by atoms with Crippen LogP contribution in [0.2, 0.25) is 0 Å². The quantitative estimate of drug-likeness (QED) is 0.580. The molecule has 0 amide bonds. The van der Waals surface area contributed by atoms with Crippen LogP contribution in [0.5, 0.6) is 5.75 Å². The van der Waals surface area contributed by atoms with Crippen LogP contribution >= 0.6 is 27.3 Å². The molecule has 3 aromatic rings. The predicted octanol–water partition coefficient (Wildman–Crippen LogP) is 4.59. The van der Waals surface area contributed by atoms with Crippen molar-refractivity contribution in [1.29, 1.82) is 0 Å². The Morgan fingerprint density at radius 3 is 2.85 bits per heavy atom. The van der Waals surface area contributed by atoms with Crippen molar-refractivity contribution in [2.75, 3.05) is 13.7 Å². The van der Waals surface area contributed by atoms with Crippen molar-refractivity contribution >= 4 is 47.5 Å². The lowest BCUT2D eigenvalue weighted by Crippen LogP contribution is -2.31. The minimum absolute atomic E-state index is 0.183. The van der Waals surface area contributed by atoms with Crippen molar-refractivity contribution in [3.8, 4) is 5.75 Å². The van der Waals surface area contributed by atoms with E-state index in [1.54, 1.807) is 33.8 Å². The van der Waals surface area contributed by atoms with E-state index in [0.29, 0.717) is 16.8 Å². The van der Waals surface area contributed by atoms with Crippen LogP contribution in [0.25, 0.3) is 10.2 Å². The molecule has 1 atom stereocenters. The van der Waals surface area contributed by atoms with Crippen LogP contribution in [0, 0.1) is 0 Å². The van der Waals surface area contributed by atoms with Gasteiger partial charge in [0.05, 0.1) is 23.4 Å². The molecule has 136 valence electrons. The smallest absolute Gasteiger partial charge is 0.247 e. The Labute approximate surface area is 164 Å². The van der Waals surface area contributed by atoms with Crippen LogP contribution in [0.15, 0.2) is 51.8 Å². The minimum atomic E-state index is -3.69. The van der Waals surface area contributed by atoms with Gasteiger partial charge in [-0.25, -0.2) is 13.4 Å². The largest absolute Gasteiger partial charge is 0.495 e. The first-order chi connectivity index (χ1) is 12.5. The number of fused-ring (bicyclic) bond motifs is 1. The van der Waals surface area contributed by atoms with Gasteiger partial charge in [-0.1, -0.05) is 28.1 Å². The van der Waals surface area contributed by atoms with E-state index in [1.165, 1.54) is 7.11 Å². The first-order valence-corrected chi connectivity index (χ1v) is 11.3. The number of benzene rings is 2. The van der Waals surface area contributed by atoms with Crippen LogP contribution in [0.1, 0.15) is 23.9 Å². The Morgan fingerprint density at radius 2 is 2.08 bits per heavy atom. The van der Waals surface area contributed by atoms with Crippen molar-refractivity contribution in [2.24, 2.45) is 0 Å².